The highest BCUT2D eigenvalue weighted by molar-refractivity contribution is 5.92. The Kier molecular flexibility index (Phi) is 9.00. The fraction of sp³-hybridized carbons (Fsp3) is 0.375. The zero-order valence-corrected chi connectivity index (χ0v) is 25.1. The van der Waals surface area contributed by atoms with Crippen LogP contribution >= 0.6 is 0 Å². The van der Waals surface area contributed by atoms with Crippen LogP contribution in [-0.2, 0) is 4.79 Å². The lowest BCUT2D eigenvalue weighted by molar-refractivity contribution is -0.275. The van der Waals surface area contributed by atoms with Crippen molar-refractivity contribution < 1.29 is 45.3 Å². The summed E-state index contributed by atoms with van der Waals surface area (Å²) in [6.07, 6.45) is -6.82. The molecule has 0 saturated heterocycles. The van der Waals surface area contributed by atoms with E-state index in [0.717, 1.165) is 36.9 Å². The van der Waals surface area contributed by atoms with Crippen LogP contribution in [0.3, 0.4) is 0 Å². The van der Waals surface area contributed by atoms with E-state index in [2.05, 4.69) is 45.4 Å². The monoisotopic (exact) mass is 650 g/mol. The highest BCUT2D eigenvalue weighted by atomic mass is 19.4. The Balaban J connectivity index is 1.35. The molecule has 1 aliphatic rings. The summed E-state index contributed by atoms with van der Waals surface area (Å²) >= 11 is 0. The van der Waals surface area contributed by atoms with Crippen LogP contribution in [0.4, 0.5) is 43.7 Å². The summed E-state index contributed by atoms with van der Waals surface area (Å²) in [4.78, 5) is 17.3. The number of hydrogen-bond acceptors (Lipinski definition) is 6. The van der Waals surface area contributed by atoms with E-state index in [0.29, 0.717) is 28.8 Å². The summed E-state index contributed by atoms with van der Waals surface area (Å²) in [5.74, 6) is -0.155. The maximum absolute atomic E-state index is 12.6. The topological polar surface area (TPSA) is 86.6 Å². The fourth-order valence-electron chi connectivity index (χ4n) is 6.10. The second kappa shape index (κ2) is 12.6. The summed E-state index contributed by atoms with van der Waals surface area (Å²) in [5, 5.41) is 5.71. The number of carbonyl (C=O) groups excluding carboxylic acids is 1. The van der Waals surface area contributed by atoms with E-state index in [1.54, 1.807) is 12.1 Å². The lowest BCUT2D eigenvalue weighted by Gasteiger charge is -2.40. The number of aromatic nitrogens is 2. The normalized spacial score (nSPS) is 18.2. The molecule has 3 aromatic carbocycles. The standard InChI is InChI=1S/C32H32F6N4O4/c1-19-13-22(17-30(2,3)16-19)42-27-12-11-24(44-18-28(43)39-21-5-4-6-25(14-21)46-32(36,37)38)15-26(27)41-29(42)40-20-7-9-23(10-8-20)45-31(33,34)35/h4-12,14-15,19,22H,13,16-18H2,1-3H3,(H,39,43)(H,40,41). The minimum absolute atomic E-state index is 0.0710. The van der Waals surface area contributed by atoms with Crippen molar-refractivity contribution in [3.63, 3.8) is 0 Å². The van der Waals surface area contributed by atoms with Crippen molar-refractivity contribution in [3.05, 3.63) is 66.7 Å². The van der Waals surface area contributed by atoms with Crippen LogP contribution in [0.1, 0.15) is 46.1 Å². The largest absolute Gasteiger partial charge is 0.573 e. The average molecular weight is 651 g/mol. The Morgan fingerprint density at radius 2 is 1.57 bits per heavy atom. The van der Waals surface area contributed by atoms with Crippen molar-refractivity contribution >= 4 is 34.3 Å². The molecule has 0 spiro atoms. The van der Waals surface area contributed by atoms with E-state index < -0.39 is 31.0 Å². The lowest BCUT2D eigenvalue weighted by Crippen LogP contribution is -2.29. The quantitative estimate of drug-likeness (QED) is 0.176. The molecule has 14 heteroatoms. The molecule has 1 aliphatic carbocycles. The molecule has 0 bridgehead atoms. The average Bonchev–Trinajstić information content (AvgIpc) is 3.27. The zero-order chi connectivity index (χ0) is 33.3. The van der Waals surface area contributed by atoms with Gasteiger partial charge in [0.05, 0.1) is 11.0 Å². The Bertz CT molecular complexity index is 1680. The SMILES string of the molecule is CC1CC(n2c(Nc3ccc(OC(F)(F)F)cc3)nc3cc(OCC(=O)Nc4cccc(OC(F)(F)F)c4)ccc32)CC(C)(C)C1. The third-order valence-electron chi connectivity index (χ3n) is 7.46. The number of hydrogen-bond donors (Lipinski definition) is 2. The number of nitrogens with zero attached hydrogens (tertiary/aromatic N) is 2. The van der Waals surface area contributed by atoms with Crippen LogP contribution in [0, 0.1) is 11.3 Å². The summed E-state index contributed by atoms with van der Waals surface area (Å²) < 4.78 is 91.1. The number of rotatable bonds is 9. The Labute approximate surface area is 260 Å². The van der Waals surface area contributed by atoms with Gasteiger partial charge in [0.15, 0.2) is 6.61 Å². The number of alkyl halides is 6. The van der Waals surface area contributed by atoms with Crippen molar-refractivity contribution in [1.29, 1.82) is 0 Å². The second-order valence-electron chi connectivity index (χ2n) is 12.1. The molecule has 4 aromatic rings. The van der Waals surface area contributed by atoms with Gasteiger partial charge in [-0.3, -0.25) is 4.79 Å². The molecule has 2 atom stereocenters. The molecule has 2 unspecified atom stereocenters. The Hall–Kier alpha value is -4.62. The van der Waals surface area contributed by atoms with E-state index in [1.807, 2.05) is 6.07 Å². The fourth-order valence-corrected chi connectivity index (χ4v) is 6.10. The molecule has 5 rings (SSSR count). The first-order valence-electron chi connectivity index (χ1n) is 14.5. The molecular formula is C32H32F6N4O4. The molecule has 246 valence electrons. The third kappa shape index (κ3) is 8.76. The van der Waals surface area contributed by atoms with Crippen molar-refractivity contribution in [3.8, 4) is 17.2 Å². The number of carbonyl (C=O) groups is 1. The van der Waals surface area contributed by atoms with Gasteiger partial charge in [-0.1, -0.05) is 26.8 Å². The van der Waals surface area contributed by atoms with E-state index in [1.165, 1.54) is 36.4 Å². The van der Waals surface area contributed by atoms with E-state index in [9.17, 15) is 31.1 Å². The summed E-state index contributed by atoms with van der Waals surface area (Å²) in [7, 11) is 0. The molecular weight excluding hydrogens is 618 g/mol. The number of amides is 1. The number of benzene rings is 3. The molecule has 0 radical (unpaired) electrons. The van der Waals surface area contributed by atoms with Gasteiger partial charge in [-0.15, -0.1) is 26.3 Å². The zero-order valence-electron chi connectivity index (χ0n) is 25.1. The maximum Gasteiger partial charge on any atom is 0.573 e. The molecule has 2 N–H and O–H groups in total. The molecule has 1 amide bonds. The van der Waals surface area contributed by atoms with Crippen LogP contribution in [0.5, 0.6) is 17.2 Å². The number of fused-ring (bicyclic) bond motifs is 1. The lowest BCUT2D eigenvalue weighted by atomic mass is 9.70. The first-order valence-corrected chi connectivity index (χ1v) is 14.5. The van der Waals surface area contributed by atoms with Crippen molar-refractivity contribution in [2.45, 2.75) is 58.8 Å². The number of halogens is 6. The molecule has 1 heterocycles. The van der Waals surface area contributed by atoms with E-state index >= 15 is 0 Å². The molecule has 1 saturated carbocycles. The molecule has 1 fully saturated rings. The minimum Gasteiger partial charge on any atom is -0.484 e. The Morgan fingerprint density at radius 3 is 2.24 bits per heavy atom. The molecule has 1 aromatic heterocycles. The summed E-state index contributed by atoms with van der Waals surface area (Å²) in [5.41, 5.74) is 2.04. The summed E-state index contributed by atoms with van der Waals surface area (Å²) in [6.45, 7) is 6.22. The van der Waals surface area contributed by atoms with Gasteiger partial charge >= 0.3 is 12.7 Å². The maximum atomic E-state index is 12.6. The number of imidazole rings is 1. The van der Waals surface area contributed by atoms with Gasteiger partial charge < -0.3 is 29.4 Å². The van der Waals surface area contributed by atoms with Crippen LogP contribution in [-0.4, -0.2) is 34.8 Å². The van der Waals surface area contributed by atoms with Crippen LogP contribution in [0.15, 0.2) is 66.7 Å². The molecule has 8 nitrogen and oxygen atoms in total. The van der Waals surface area contributed by atoms with Gasteiger partial charge in [0, 0.05) is 29.5 Å². The van der Waals surface area contributed by atoms with Crippen LogP contribution < -0.4 is 24.8 Å². The number of ether oxygens (including phenoxy) is 3. The van der Waals surface area contributed by atoms with Crippen molar-refractivity contribution in [1.82, 2.24) is 9.55 Å². The number of anilines is 3. The van der Waals surface area contributed by atoms with Crippen LogP contribution in [0.25, 0.3) is 11.0 Å². The van der Waals surface area contributed by atoms with E-state index in [4.69, 9.17) is 9.72 Å². The predicted molar refractivity (Wildman–Crippen MR) is 159 cm³/mol. The van der Waals surface area contributed by atoms with Gasteiger partial charge in [-0.25, -0.2) is 4.98 Å². The highest BCUT2D eigenvalue weighted by Crippen LogP contribution is 2.46. The van der Waals surface area contributed by atoms with Gasteiger partial charge in [0.2, 0.25) is 5.95 Å². The predicted octanol–water partition coefficient (Wildman–Crippen LogP) is 8.98. The second-order valence-corrected chi connectivity index (χ2v) is 12.1. The van der Waals surface area contributed by atoms with Crippen molar-refractivity contribution in [2.24, 2.45) is 11.3 Å². The van der Waals surface area contributed by atoms with Crippen LogP contribution in [0.2, 0.25) is 0 Å². The highest BCUT2D eigenvalue weighted by Gasteiger charge is 2.35. The minimum atomic E-state index is -4.87. The van der Waals surface area contributed by atoms with Gasteiger partial charge in [-0.2, -0.15) is 0 Å². The number of nitrogens with one attached hydrogen (secondary N) is 2. The summed E-state index contributed by atoms with van der Waals surface area (Å²) in [6, 6.07) is 15.5. The smallest absolute Gasteiger partial charge is 0.484 e. The first kappa shape index (κ1) is 32.8. The first-order chi connectivity index (χ1) is 21.5. The third-order valence-corrected chi connectivity index (χ3v) is 7.46. The van der Waals surface area contributed by atoms with E-state index in [-0.39, 0.29) is 22.9 Å². The van der Waals surface area contributed by atoms with Gasteiger partial charge in [0.1, 0.15) is 17.2 Å². The van der Waals surface area contributed by atoms with Gasteiger partial charge in [0.25, 0.3) is 5.91 Å². The van der Waals surface area contributed by atoms with Crippen molar-refractivity contribution in [2.75, 3.05) is 17.2 Å². The molecule has 46 heavy (non-hydrogen) atoms. The van der Waals surface area contributed by atoms with Gasteiger partial charge in [-0.05, 0) is 79.1 Å². The Morgan fingerprint density at radius 1 is 0.891 bits per heavy atom. The molecule has 0 aliphatic heterocycles.